The number of ether oxygens (including phenoxy) is 1. The van der Waals surface area contributed by atoms with Gasteiger partial charge in [-0.15, -0.1) is 0 Å². The van der Waals surface area contributed by atoms with Gasteiger partial charge in [0, 0.05) is 45.6 Å². The van der Waals surface area contributed by atoms with Gasteiger partial charge in [-0.05, 0) is 49.5 Å². The predicted molar refractivity (Wildman–Crippen MR) is 94.9 cm³/mol. The van der Waals surface area contributed by atoms with Crippen LogP contribution in [0.1, 0.15) is 32.6 Å². The number of carbonyl (C=O) groups excluding carboxylic acids is 1. The number of fused-ring (bicyclic) bond motifs is 1. The molecular formula is C19H30N4O2. The van der Waals surface area contributed by atoms with E-state index in [0.717, 1.165) is 51.5 Å². The van der Waals surface area contributed by atoms with Gasteiger partial charge >= 0.3 is 0 Å². The van der Waals surface area contributed by atoms with Crippen molar-refractivity contribution in [2.45, 2.75) is 51.3 Å². The molecule has 0 bridgehead atoms. The molecule has 0 aromatic carbocycles. The average molecular weight is 346 g/mol. The van der Waals surface area contributed by atoms with Crippen LogP contribution in [0.3, 0.4) is 0 Å². The van der Waals surface area contributed by atoms with Crippen molar-refractivity contribution in [3.63, 3.8) is 0 Å². The van der Waals surface area contributed by atoms with Crippen LogP contribution < -0.4 is 5.32 Å². The lowest BCUT2D eigenvalue weighted by molar-refractivity contribution is -0.122. The van der Waals surface area contributed by atoms with Crippen LogP contribution in [-0.4, -0.2) is 59.0 Å². The van der Waals surface area contributed by atoms with Gasteiger partial charge in [0.2, 0.25) is 5.91 Å². The fraction of sp³-hybridized carbons (Fsp3) is 0.789. The number of rotatable bonds is 7. The Morgan fingerprint density at radius 2 is 2.04 bits per heavy atom. The molecule has 138 valence electrons. The van der Waals surface area contributed by atoms with Gasteiger partial charge in [-0.3, -0.25) is 9.48 Å². The SMILES string of the molecule is CC(=O)N[C@@H]1C[C@@H]2CN(CCn3cccn3)C[C@@H]2C[C@H]1OCC1CC1. The third kappa shape index (κ3) is 4.42. The van der Waals surface area contributed by atoms with Crippen molar-refractivity contribution in [1.82, 2.24) is 20.0 Å². The van der Waals surface area contributed by atoms with E-state index in [-0.39, 0.29) is 18.1 Å². The second kappa shape index (κ2) is 7.46. The number of carbonyl (C=O) groups is 1. The van der Waals surface area contributed by atoms with E-state index in [1.807, 2.05) is 23.1 Å². The number of hydrogen-bond acceptors (Lipinski definition) is 4. The molecule has 2 heterocycles. The zero-order valence-electron chi connectivity index (χ0n) is 15.1. The first kappa shape index (κ1) is 17.0. The normalized spacial score (nSPS) is 32.5. The van der Waals surface area contributed by atoms with Crippen LogP contribution in [0.5, 0.6) is 0 Å². The first-order valence-corrected chi connectivity index (χ1v) is 9.76. The van der Waals surface area contributed by atoms with Gasteiger partial charge in [0.1, 0.15) is 0 Å². The number of amides is 1. The molecule has 0 spiro atoms. The maximum atomic E-state index is 11.6. The first-order chi connectivity index (χ1) is 12.2. The molecule has 2 aliphatic carbocycles. The van der Waals surface area contributed by atoms with E-state index in [2.05, 4.69) is 15.3 Å². The molecule has 0 unspecified atom stereocenters. The molecule has 3 aliphatic rings. The summed E-state index contributed by atoms with van der Waals surface area (Å²) in [6.07, 6.45) is 8.81. The third-order valence-electron chi connectivity index (χ3n) is 6.03. The molecular weight excluding hydrogens is 316 g/mol. The molecule has 1 aromatic heterocycles. The van der Waals surface area contributed by atoms with Crippen molar-refractivity contribution >= 4 is 5.91 Å². The standard InChI is InChI=1S/C19H30N4O2/c1-14(24)21-18-9-16-11-22(7-8-23-6-2-5-20-23)12-17(16)10-19(18)25-13-15-3-4-15/h2,5-6,15-19H,3-4,7-13H2,1H3,(H,21,24)/t16-,17+,18-,19-/m1/s1. The summed E-state index contributed by atoms with van der Waals surface area (Å²) < 4.78 is 8.24. The van der Waals surface area contributed by atoms with Gasteiger partial charge in [0.25, 0.3) is 0 Å². The highest BCUT2D eigenvalue weighted by molar-refractivity contribution is 5.73. The van der Waals surface area contributed by atoms with E-state index in [1.54, 1.807) is 6.92 Å². The highest BCUT2D eigenvalue weighted by atomic mass is 16.5. The molecule has 6 heteroatoms. The molecule has 6 nitrogen and oxygen atoms in total. The Hall–Kier alpha value is -1.40. The fourth-order valence-electron chi connectivity index (χ4n) is 4.51. The molecule has 1 N–H and O–H groups in total. The molecule has 4 rings (SSSR count). The lowest BCUT2D eigenvalue weighted by Gasteiger charge is -2.38. The lowest BCUT2D eigenvalue weighted by Crippen LogP contribution is -2.50. The van der Waals surface area contributed by atoms with Gasteiger partial charge in [0.05, 0.1) is 18.7 Å². The highest BCUT2D eigenvalue weighted by Crippen LogP contribution is 2.38. The number of aromatic nitrogens is 2. The Morgan fingerprint density at radius 1 is 1.24 bits per heavy atom. The maximum Gasteiger partial charge on any atom is 0.217 e. The van der Waals surface area contributed by atoms with Crippen LogP contribution >= 0.6 is 0 Å². The summed E-state index contributed by atoms with van der Waals surface area (Å²) in [4.78, 5) is 14.2. The van der Waals surface area contributed by atoms with Crippen molar-refractivity contribution in [1.29, 1.82) is 0 Å². The second-order valence-electron chi connectivity index (χ2n) is 8.14. The zero-order valence-corrected chi connectivity index (χ0v) is 15.1. The lowest BCUT2D eigenvalue weighted by atomic mass is 9.77. The summed E-state index contributed by atoms with van der Waals surface area (Å²) in [5.74, 6) is 2.21. The Bertz CT molecular complexity index is 572. The maximum absolute atomic E-state index is 11.6. The van der Waals surface area contributed by atoms with E-state index in [4.69, 9.17) is 4.74 Å². The van der Waals surface area contributed by atoms with Gasteiger partial charge in [0.15, 0.2) is 0 Å². The third-order valence-corrected chi connectivity index (χ3v) is 6.03. The van der Waals surface area contributed by atoms with Crippen LogP contribution in [0.15, 0.2) is 18.5 Å². The average Bonchev–Trinajstić information content (AvgIpc) is 3.10. The van der Waals surface area contributed by atoms with E-state index >= 15 is 0 Å². The van der Waals surface area contributed by atoms with Crippen LogP contribution in [0.2, 0.25) is 0 Å². The number of nitrogens with one attached hydrogen (secondary N) is 1. The Kier molecular flexibility index (Phi) is 5.08. The van der Waals surface area contributed by atoms with Crippen molar-refractivity contribution in [2.75, 3.05) is 26.2 Å². The smallest absolute Gasteiger partial charge is 0.217 e. The summed E-state index contributed by atoms with van der Waals surface area (Å²) in [6, 6.07) is 2.16. The molecule has 3 fully saturated rings. The van der Waals surface area contributed by atoms with Gasteiger partial charge < -0.3 is 15.0 Å². The topological polar surface area (TPSA) is 59.4 Å². The fourth-order valence-corrected chi connectivity index (χ4v) is 4.51. The van der Waals surface area contributed by atoms with Gasteiger partial charge in [-0.2, -0.15) is 5.10 Å². The van der Waals surface area contributed by atoms with Crippen molar-refractivity contribution in [2.24, 2.45) is 17.8 Å². The summed E-state index contributed by atoms with van der Waals surface area (Å²) in [5, 5.41) is 7.46. The van der Waals surface area contributed by atoms with Gasteiger partial charge in [-0.1, -0.05) is 0 Å². The molecule has 1 amide bonds. The molecule has 4 atom stereocenters. The number of hydrogen-bond donors (Lipinski definition) is 1. The van der Waals surface area contributed by atoms with Crippen LogP contribution in [0.25, 0.3) is 0 Å². The van der Waals surface area contributed by atoms with Crippen molar-refractivity contribution in [3.05, 3.63) is 18.5 Å². The molecule has 0 radical (unpaired) electrons. The molecule has 1 aromatic rings. The minimum absolute atomic E-state index is 0.0667. The summed E-state index contributed by atoms with van der Waals surface area (Å²) in [5.41, 5.74) is 0. The van der Waals surface area contributed by atoms with Gasteiger partial charge in [-0.25, -0.2) is 0 Å². The van der Waals surface area contributed by atoms with Crippen LogP contribution in [0, 0.1) is 17.8 Å². The largest absolute Gasteiger partial charge is 0.376 e. The van der Waals surface area contributed by atoms with Crippen LogP contribution in [-0.2, 0) is 16.1 Å². The Balaban J connectivity index is 1.32. The monoisotopic (exact) mass is 346 g/mol. The number of nitrogens with zero attached hydrogens (tertiary/aromatic N) is 3. The van der Waals surface area contributed by atoms with E-state index in [0.29, 0.717) is 11.8 Å². The van der Waals surface area contributed by atoms with Crippen molar-refractivity contribution in [3.8, 4) is 0 Å². The van der Waals surface area contributed by atoms with E-state index < -0.39 is 0 Å². The van der Waals surface area contributed by atoms with Crippen molar-refractivity contribution < 1.29 is 9.53 Å². The first-order valence-electron chi connectivity index (χ1n) is 9.76. The second-order valence-corrected chi connectivity index (χ2v) is 8.14. The molecule has 2 saturated carbocycles. The predicted octanol–water partition coefficient (Wildman–Crippen LogP) is 1.52. The Labute approximate surface area is 149 Å². The molecule has 25 heavy (non-hydrogen) atoms. The summed E-state index contributed by atoms with van der Waals surface area (Å²) >= 11 is 0. The zero-order chi connectivity index (χ0) is 17.2. The minimum atomic E-state index is 0.0667. The number of likely N-dealkylation sites (tertiary alicyclic amines) is 1. The Morgan fingerprint density at radius 3 is 2.72 bits per heavy atom. The quantitative estimate of drug-likeness (QED) is 0.813. The summed E-state index contributed by atoms with van der Waals surface area (Å²) in [7, 11) is 0. The highest BCUT2D eigenvalue weighted by Gasteiger charge is 2.43. The van der Waals surface area contributed by atoms with E-state index in [9.17, 15) is 4.79 Å². The minimum Gasteiger partial charge on any atom is -0.376 e. The van der Waals surface area contributed by atoms with E-state index in [1.165, 1.54) is 12.8 Å². The molecule has 1 saturated heterocycles. The summed E-state index contributed by atoms with van der Waals surface area (Å²) in [6.45, 7) is 6.78. The van der Waals surface area contributed by atoms with Crippen LogP contribution in [0.4, 0.5) is 0 Å². The molecule has 1 aliphatic heterocycles.